The summed E-state index contributed by atoms with van der Waals surface area (Å²) in [6.45, 7) is 14.7. The van der Waals surface area contributed by atoms with Gasteiger partial charge in [-0.2, -0.15) is 0 Å². The number of hydrogen-bond donors (Lipinski definition) is 0. The lowest BCUT2D eigenvalue weighted by Gasteiger charge is -2.25. The summed E-state index contributed by atoms with van der Waals surface area (Å²) >= 11 is 0. The van der Waals surface area contributed by atoms with E-state index in [1.165, 1.54) is 0 Å². The molecule has 2 rings (SSSR count). The van der Waals surface area contributed by atoms with Gasteiger partial charge in [0.15, 0.2) is 0 Å². The topological polar surface area (TPSA) is 82.9 Å². The van der Waals surface area contributed by atoms with Crippen molar-refractivity contribution in [2.75, 3.05) is 13.1 Å². The van der Waals surface area contributed by atoms with Crippen LogP contribution in [0.1, 0.15) is 67.0 Å². The van der Waals surface area contributed by atoms with E-state index in [-0.39, 0.29) is 18.0 Å². The van der Waals surface area contributed by atoms with E-state index >= 15 is 0 Å². The third-order valence-electron chi connectivity index (χ3n) is 4.10. The van der Waals surface area contributed by atoms with Crippen LogP contribution in [-0.4, -0.2) is 56.9 Å². The van der Waals surface area contributed by atoms with Gasteiger partial charge in [0.1, 0.15) is 17.3 Å². The van der Waals surface area contributed by atoms with Gasteiger partial charge >= 0.3 is 12.1 Å². The zero-order valence-electron chi connectivity index (χ0n) is 19.2. The SMILES string of the molecule is CCCn1cnc(C=C(O[C@@H]2CCN(C(=O)OC(C)(C)C)C2)C(=O)OC(C)(C)C)c1. The van der Waals surface area contributed by atoms with Crippen LogP contribution in [0.25, 0.3) is 6.08 Å². The number of amides is 1. The van der Waals surface area contributed by atoms with Gasteiger partial charge in [0.25, 0.3) is 0 Å². The highest BCUT2D eigenvalue weighted by molar-refractivity contribution is 5.91. The number of likely N-dealkylation sites (tertiary alicyclic amines) is 1. The van der Waals surface area contributed by atoms with E-state index in [9.17, 15) is 9.59 Å². The van der Waals surface area contributed by atoms with E-state index in [0.29, 0.717) is 25.2 Å². The Kier molecular flexibility index (Phi) is 7.55. The smallest absolute Gasteiger partial charge is 0.410 e. The summed E-state index contributed by atoms with van der Waals surface area (Å²) in [6, 6.07) is 0. The van der Waals surface area contributed by atoms with Gasteiger partial charge in [-0.1, -0.05) is 6.92 Å². The fourth-order valence-electron chi connectivity index (χ4n) is 2.93. The Morgan fingerprint density at radius 1 is 1.17 bits per heavy atom. The summed E-state index contributed by atoms with van der Waals surface area (Å²) in [5.41, 5.74) is -0.597. The standard InChI is InChI=1S/C22H35N3O5/c1-8-10-24-13-16(23-15-24)12-18(19(26)29-21(2,3)4)28-17-9-11-25(14-17)20(27)30-22(5,6)7/h12-13,15,17H,8-11,14H2,1-7H3/t17-/m1/s1. The molecular weight excluding hydrogens is 386 g/mol. The van der Waals surface area contributed by atoms with Crippen LogP contribution in [0, 0.1) is 0 Å². The molecule has 8 heteroatoms. The van der Waals surface area contributed by atoms with Gasteiger partial charge in [0.05, 0.1) is 18.6 Å². The Labute approximate surface area is 179 Å². The molecule has 0 bridgehead atoms. The summed E-state index contributed by atoms with van der Waals surface area (Å²) in [6.07, 6.45) is 6.06. The van der Waals surface area contributed by atoms with Crippen molar-refractivity contribution in [3.8, 4) is 0 Å². The van der Waals surface area contributed by atoms with Crippen molar-refractivity contribution in [3.05, 3.63) is 24.0 Å². The van der Waals surface area contributed by atoms with Gasteiger partial charge < -0.3 is 23.7 Å². The maximum atomic E-state index is 12.7. The first-order valence-electron chi connectivity index (χ1n) is 10.5. The van der Waals surface area contributed by atoms with E-state index in [4.69, 9.17) is 14.2 Å². The molecule has 30 heavy (non-hydrogen) atoms. The van der Waals surface area contributed by atoms with Gasteiger partial charge in [-0.25, -0.2) is 14.6 Å². The van der Waals surface area contributed by atoms with E-state index in [1.54, 1.807) is 38.1 Å². The molecule has 8 nitrogen and oxygen atoms in total. The van der Waals surface area contributed by atoms with Crippen LogP contribution in [0.2, 0.25) is 0 Å². The predicted octanol–water partition coefficient (Wildman–Crippen LogP) is 4.00. The Morgan fingerprint density at radius 2 is 1.83 bits per heavy atom. The number of esters is 1. The second-order valence-corrected chi connectivity index (χ2v) is 9.50. The fourth-order valence-corrected chi connectivity index (χ4v) is 2.93. The van der Waals surface area contributed by atoms with Crippen LogP contribution < -0.4 is 0 Å². The predicted molar refractivity (Wildman–Crippen MR) is 114 cm³/mol. The molecule has 168 valence electrons. The lowest BCUT2D eigenvalue weighted by atomic mass is 10.2. The zero-order chi connectivity index (χ0) is 22.5. The number of carbonyl (C=O) groups excluding carboxylic acids is 2. The highest BCUT2D eigenvalue weighted by Gasteiger charge is 2.33. The zero-order valence-corrected chi connectivity index (χ0v) is 19.2. The van der Waals surface area contributed by atoms with Crippen molar-refractivity contribution in [2.24, 2.45) is 0 Å². The lowest BCUT2D eigenvalue weighted by Crippen LogP contribution is -2.36. The first kappa shape index (κ1) is 23.8. The van der Waals surface area contributed by atoms with Gasteiger partial charge in [-0.3, -0.25) is 0 Å². The monoisotopic (exact) mass is 421 g/mol. The summed E-state index contributed by atoms with van der Waals surface area (Å²) in [4.78, 5) is 31.0. The minimum atomic E-state index is -0.653. The minimum Gasteiger partial charge on any atom is -0.481 e. The van der Waals surface area contributed by atoms with Gasteiger partial charge in [-0.05, 0) is 48.0 Å². The Morgan fingerprint density at radius 3 is 2.43 bits per heavy atom. The molecule has 1 fully saturated rings. The number of imidazole rings is 1. The number of ether oxygens (including phenoxy) is 3. The molecule has 1 saturated heterocycles. The van der Waals surface area contributed by atoms with E-state index in [1.807, 2.05) is 31.5 Å². The average molecular weight is 422 g/mol. The molecule has 1 aliphatic rings. The first-order valence-corrected chi connectivity index (χ1v) is 10.5. The maximum absolute atomic E-state index is 12.7. The molecular formula is C22H35N3O5. The largest absolute Gasteiger partial charge is 0.481 e. The van der Waals surface area contributed by atoms with E-state index in [0.717, 1.165) is 13.0 Å². The summed E-state index contributed by atoms with van der Waals surface area (Å²) in [5.74, 6) is -0.467. The van der Waals surface area contributed by atoms with Crippen molar-refractivity contribution in [2.45, 2.75) is 85.2 Å². The van der Waals surface area contributed by atoms with Crippen molar-refractivity contribution in [1.82, 2.24) is 14.5 Å². The van der Waals surface area contributed by atoms with Crippen molar-refractivity contribution < 1.29 is 23.8 Å². The molecule has 0 N–H and O–H groups in total. The number of aromatic nitrogens is 2. The number of rotatable bonds is 6. The highest BCUT2D eigenvalue weighted by Crippen LogP contribution is 2.22. The summed E-state index contributed by atoms with van der Waals surface area (Å²) in [7, 11) is 0. The molecule has 0 aromatic carbocycles. The van der Waals surface area contributed by atoms with Crippen molar-refractivity contribution >= 4 is 18.1 Å². The molecule has 1 atom stereocenters. The molecule has 0 radical (unpaired) electrons. The third kappa shape index (κ3) is 7.72. The van der Waals surface area contributed by atoms with Crippen LogP contribution in [0.4, 0.5) is 4.79 Å². The molecule has 1 amide bonds. The van der Waals surface area contributed by atoms with Gasteiger partial charge in [0, 0.05) is 31.8 Å². The lowest BCUT2D eigenvalue weighted by molar-refractivity contribution is -0.154. The number of hydrogen-bond acceptors (Lipinski definition) is 6. The number of aryl methyl sites for hydroxylation is 1. The number of nitrogens with zero attached hydrogens (tertiary/aromatic N) is 3. The quantitative estimate of drug-likeness (QED) is 0.392. The average Bonchev–Trinajstić information content (AvgIpc) is 3.21. The Balaban J connectivity index is 2.12. The third-order valence-corrected chi connectivity index (χ3v) is 4.10. The Bertz CT molecular complexity index is 770. The molecule has 0 saturated carbocycles. The van der Waals surface area contributed by atoms with Gasteiger partial charge in [0.2, 0.25) is 5.76 Å². The first-order chi connectivity index (χ1) is 13.9. The van der Waals surface area contributed by atoms with Crippen molar-refractivity contribution in [1.29, 1.82) is 0 Å². The molecule has 0 aliphatic carbocycles. The minimum absolute atomic E-state index is 0.0858. The van der Waals surface area contributed by atoms with E-state index in [2.05, 4.69) is 11.9 Å². The molecule has 0 unspecified atom stereocenters. The molecule has 2 heterocycles. The van der Waals surface area contributed by atoms with Crippen LogP contribution in [0.15, 0.2) is 18.3 Å². The van der Waals surface area contributed by atoms with Crippen molar-refractivity contribution in [3.63, 3.8) is 0 Å². The van der Waals surface area contributed by atoms with Crippen LogP contribution in [0.3, 0.4) is 0 Å². The molecule has 1 aromatic heterocycles. The van der Waals surface area contributed by atoms with Crippen LogP contribution in [0.5, 0.6) is 0 Å². The maximum Gasteiger partial charge on any atom is 0.410 e. The second-order valence-electron chi connectivity index (χ2n) is 9.50. The van der Waals surface area contributed by atoms with Crippen LogP contribution >= 0.6 is 0 Å². The molecule has 0 spiro atoms. The molecule has 1 aromatic rings. The highest BCUT2D eigenvalue weighted by atomic mass is 16.6. The summed E-state index contributed by atoms with van der Waals surface area (Å²) < 4.78 is 18.9. The van der Waals surface area contributed by atoms with E-state index < -0.39 is 17.2 Å². The molecule has 1 aliphatic heterocycles. The van der Waals surface area contributed by atoms with Gasteiger partial charge in [-0.15, -0.1) is 0 Å². The summed E-state index contributed by atoms with van der Waals surface area (Å²) in [5, 5.41) is 0. The Hall–Kier alpha value is -2.51. The normalized spacial score (nSPS) is 17.8. The fraction of sp³-hybridized carbons (Fsp3) is 0.682. The van der Waals surface area contributed by atoms with Crippen LogP contribution in [-0.2, 0) is 25.5 Å². The second kappa shape index (κ2) is 9.53. The number of carbonyl (C=O) groups is 2.